The molecule has 0 bridgehead atoms. The SMILES string of the molecule is CCN=c1n(CC(=O)c2cc(OCCO)c(OC)c(C(C)(C)C)c2)nc2c(C)c(C)c(OC(=O)NC)nn12. The molecule has 0 aliphatic heterocycles. The van der Waals surface area contributed by atoms with Crippen molar-refractivity contribution in [2.45, 2.75) is 53.5 Å². The van der Waals surface area contributed by atoms with Crippen LogP contribution in [0.5, 0.6) is 17.4 Å². The number of aliphatic hydroxyl groups excluding tert-OH is 1. The van der Waals surface area contributed by atoms with Crippen molar-refractivity contribution in [3.05, 3.63) is 40.0 Å². The maximum absolute atomic E-state index is 13.6. The van der Waals surface area contributed by atoms with Gasteiger partial charge in [0.25, 0.3) is 0 Å². The third-order valence-electron chi connectivity index (χ3n) is 5.97. The first-order chi connectivity index (χ1) is 18.0. The second-order valence-corrected chi connectivity index (χ2v) is 9.66. The summed E-state index contributed by atoms with van der Waals surface area (Å²) in [5, 5.41) is 20.8. The van der Waals surface area contributed by atoms with Gasteiger partial charge in [-0.05, 0) is 38.3 Å². The Balaban J connectivity index is 2.14. The normalized spacial score (nSPS) is 12.1. The molecule has 1 amide bonds. The van der Waals surface area contributed by atoms with Crippen LogP contribution in [0.3, 0.4) is 0 Å². The Hall–Kier alpha value is -3.93. The van der Waals surface area contributed by atoms with Crippen molar-refractivity contribution < 1.29 is 28.9 Å². The molecule has 0 aliphatic carbocycles. The molecule has 0 saturated heterocycles. The molecule has 206 valence electrons. The van der Waals surface area contributed by atoms with Crippen molar-refractivity contribution in [3.63, 3.8) is 0 Å². The number of ketones is 1. The van der Waals surface area contributed by atoms with Crippen LogP contribution < -0.4 is 25.1 Å². The topological polar surface area (TPSA) is 142 Å². The minimum absolute atomic E-state index is 0.0586. The number of hydrogen-bond acceptors (Lipinski definition) is 9. The van der Waals surface area contributed by atoms with E-state index in [2.05, 4.69) is 20.5 Å². The van der Waals surface area contributed by atoms with E-state index in [0.717, 1.165) is 11.1 Å². The zero-order valence-corrected chi connectivity index (χ0v) is 23.2. The van der Waals surface area contributed by atoms with Crippen LogP contribution in [0.2, 0.25) is 0 Å². The Morgan fingerprint density at radius 3 is 2.45 bits per heavy atom. The third kappa shape index (κ3) is 5.80. The van der Waals surface area contributed by atoms with Gasteiger partial charge in [0.05, 0.1) is 13.7 Å². The number of ether oxygens (including phenoxy) is 3. The summed E-state index contributed by atoms with van der Waals surface area (Å²) in [5.74, 6) is 0.779. The third-order valence-corrected chi connectivity index (χ3v) is 5.97. The lowest BCUT2D eigenvalue weighted by atomic mass is 9.84. The van der Waals surface area contributed by atoms with Gasteiger partial charge in [0.15, 0.2) is 22.9 Å². The second kappa shape index (κ2) is 11.6. The van der Waals surface area contributed by atoms with Crippen molar-refractivity contribution in [3.8, 4) is 17.4 Å². The highest BCUT2D eigenvalue weighted by Crippen LogP contribution is 2.40. The van der Waals surface area contributed by atoms with Gasteiger partial charge in [0.1, 0.15) is 13.2 Å². The average molecular weight is 529 g/mol. The Kier molecular flexibility index (Phi) is 8.77. The molecule has 2 N–H and O–H groups in total. The number of carbonyl (C=O) groups excluding carboxylic acids is 2. The van der Waals surface area contributed by atoms with Crippen LogP contribution in [-0.2, 0) is 12.0 Å². The van der Waals surface area contributed by atoms with E-state index in [1.54, 1.807) is 26.2 Å². The van der Waals surface area contributed by atoms with Gasteiger partial charge in [-0.25, -0.2) is 14.5 Å². The molecule has 0 fully saturated rings. The monoisotopic (exact) mass is 528 g/mol. The Labute approximate surface area is 221 Å². The lowest BCUT2D eigenvalue weighted by molar-refractivity contribution is 0.0965. The first-order valence-electron chi connectivity index (χ1n) is 12.3. The molecule has 0 unspecified atom stereocenters. The number of aliphatic hydroxyl groups is 1. The predicted octanol–water partition coefficient (Wildman–Crippen LogP) is 2.35. The van der Waals surface area contributed by atoms with Crippen molar-refractivity contribution in [1.82, 2.24) is 24.7 Å². The maximum atomic E-state index is 13.6. The van der Waals surface area contributed by atoms with Gasteiger partial charge in [0, 0.05) is 35.8 Å². The van der Waals surface area contributed by atoms with E-state index in [9.17, 15) is 14.7 Å². The quantitative estimate of drug-likeness (QED) is 0.403. The summed E-state index contributed by atoms with van der Waals surface area (Å²) in [6.07, 6.45) is -0.648. The molecule has 38 heavy (non-hydrogen) atoms. The molecule has 12 nitrogen and oxygen atoms in total. The molecular weight excluding hydrogens is 492 g/mol. The van der Waals surface area contributed by atoms with E-state index in [1.807, 2.05) is 34.6 Å². The summed E-state index contributed by atoms with van der Waals surface area (Å²) >= 11 is 0. The van der Waals surface area contributed by atoms with Crippen molar-refractivity contribution in [2.75, 3.05) is 33.9 Å². The number of aromatic nitrogens is 4. The number of fused-ring (bicyclic) bond motifs is 1. The Bertz CT molecular complexity index is 1420. The number of benzene rings is 1. The number of nitrogens with one attached hydrogen (secondary N) is 1. The summed E-state index contributed by atoms with van der Waals surface area (Å²) in [5.41, 5.74) is 3.05. The standard InChI is InChI=1S/C26H36N6O6/c1-9-28-24-31(29-22-15(2)16(3)23(30-32(22)24)38-25(35)27-7)14-19(34)17-12-18(26(4,5)6)21(36-8)20(13-17)37-11-10-33/h12-13,33H,9-11,14H2,1-8H3,(H,27,35). The van der Waals surface area contributed by atoms with Crippen LogP contribution in [-0.4, -0.2) is 70.3 Å². The van der Waals surface area contributed by atoms with Crippen molar-refractivity contribution in [1.29, 1.82) is 0 Å². The lowest BCUT2D eigenvalue weighted by Crippen LogP contribution is -2.29. The van der Waals surface area contributed by atoms with Crippen molar-refractivity contribution >= 4 is 17.5 Å². The van der Waals surface area contributed by atoms with Crippen LogP contribution >= 0.6 is 0 Å². The highest BCUT2D eigenvalue weighted by molar-refractivity contribution is 5.97. The molecule has 12 heteroatoms. The zero-order chi connectivity index (χ0) is 28.2. The molecule has 3 aromatic rings. The van der Waals surface area contributed by atoms with Gasteiger partial charge in [-0.3, -0.25) is 4.79 Å². The fourth-order valence-corrected chi connectivity index (χ4v) is 3.88. The van der Waals surface area contributed by atoms with E-state index in [0.29, 0.717) is 40.4 Å². The van der Waals surface area contributed by atoms with Gasteiger partial charge in [-0.1, -0.05) is 20.8 Å². The summed E-state index contributed by atoms with van der Waals surface area (Å²) in [4.78, 5) is 29.9. The molecule has 0 saturated carbocycles. The predicted molar refractivity (Wildman–Crippen MR) is 140 cm³/mol. The summed E-state index contributed by atoms with van der Waals surface area (Å²) in [7, 11) is 3.00. The minimum atomic E-state index is -0.648. The van der Waals surface area contributed by atoms with Crippen LogP contribution in [0.25, 0.3) is 5.65 Å². The molecule has 0 aliphatic rings. The van der Waals surface area contributed by atoms with Crippen LogP contribution in [0.1, 0.15) is 54.7 Å². The Morgan fingerprint density at radius 2 is 1.87 bits per heavy atom. The van der Waals surface area contributed by atoms with Gasteiger partial charge in [0.2, 0.25) is 11.5 Å². The molecule has 3 rings (SSSR count). The molecule has 0 spiro atoms. The van der Waals surface area contributed by atoms with Crippen LogP contribution in [0, 0.1) is 13.8 Å². The molecule has 1 aromatic carbocycles. The number of hydrogen-bond donors (Lipinski definition) is 2. The number of amides is 1. The first kappa shape index (κ1) is 28.6. The zero-order valence-electron chi connectivity index (χ0n) is 23.2. The second-order valence-electron chi connectivity index (χ2n) is 9.66. The lowest BCUT2D eigenvalue weighted by Gasteiger charge is -2.25. The number of Topliss-reactive ketones (excluding diaryl/α,β-unsaturated/α-hetero) is 1. The summed E-state index contributed by atoms with van der Waals surface area (Å²) in [6.45, 7) is 11.7. The number of nitrogens with zero attached hydrogens (tertiary/aromatic N) is 5. The van der Waals surface area contributed by atoms with Crippen LogP contribution in [0.15, 0.2) is 17.1 Å². The maximum Gasteiger partial charge on any atom is 0.413 e. The van der Waals surface area contributed by atoms with Crippen LogP contribution in [0.4, 0.5) is 4.79 Å². The molecule has 0 atom stereocenters. The van der Waals surface area contributed by atoms with E-state index >= 15 is 0 Å². The van der Waals surface area contributed by atoms with E-state index < -0.39 is 6.09 Å². The summed E-state index contributed by atoms with van der Waals surface area (Å²) in [6, 6.07) is 3.41. The molecular formula is C26H36N6O6. The number of carbonyl (C=O) groups is 2. The fraction of sp³-hybridized carbons (Fsp3) is 0.500. The van der Waals surface area contributed by atoms with E-state index in [-0.39, 0.29) is 36.8 Å². The van der Waals surface area contributed by atoms with Gasteiger partial charge in [-0.2, -0.15) is 4.52 Å². The number of methoxy groups -OCH3 is 1. The fourth-order valence-electron chi connectivity index (χ4n) is 3.88. The number of aryl methyl sites for hydroxylation is 1. The molecule has 2 heterocycles. The number of rotatable bonds is 9. The van der Waals surface area contributed by atoms with Gasteiger partial charge in [-0.15, -0.1) is 10.2 Å². The summed E-state index contributed by atoms with van der Waals surface area (Å²) < 4.78 is 19.6. The van der Waals surface area contributed by atoms with E-state index in [1.165, 1.54) is 16.2 Å². The highest BCUT2D eigenvalue weighted by Gasteiger charge is 2.26. The van der Waals surface area contributed by atoms with Gasteiger partial charge < -0.3 is 24.6 Å². The van der Waals surface area contributed by atoms with Gasteiger partial charge >= 0.3 is 6.09 Å². The average Bonchev–Trinajstić information content (AvgIpc) is 3.21. The van der Waals surface area contributed by atoms with E-state index in [4.69, 9.17) is 14.2 Å². The Morgan fingerprint density at radius 1 is 1.16 bits per heavy atom. The molecule has 2 aromatic heterocycles. The van der Waals surface area contributed by atoms with Crippen molar-refractivity contribution in [2.24, 2.45) is 4.99 Å². The minimum Gasteiger partial charge on any atom is -0.493 e. The smallest absolute Gasteiger partial charge is 0.413 e. The largest absolute Gasteiger partial charge is 0.493 e. The first-order valence-corrected chi connectivity index (χ1v) is 12.3. The molecule has 0 radical (unpaired) electrons. The highest BCUT2D eigenvalue weighted by atomic mass is 16.6.